The summed E-state index contributed by atoms with van der Waals surface area (Å²) >= 11 is 0. The minimum absolute atomic E-state index is 0.0778. The zero-order chi connectivity index (χ0) is 12.8. The van der Waals surface area contributed by atoms with Gasteiger partial charge in [0.1, 0.15) is 0 Å². The van der Waals surface area contributed by atoms with E-state index in [1.165, 1.54) is 0 Å². The molecule has 2 unspecified atom stereocenters. The van der Waals surface area contributed by atoms with E-state index in [0.717, 1.165) is 19.5 Å². The molecule has 0 saturated carbocycles. The standard InChI is InChI=1S/C13H30N2O/c1-7-11(3)15(8-2)10-12(16)9-14-13(4,5)6/h11-12,14,16H,7-10H2,1-6H3. The molecule has 3 nitrogen and oxygen atoms in total. The molecule has 0 heterocycles. The summed E-state index contributed by atoms with van der Waals surface area (Å²) in [5.41, 5.74) is 0.0778. The molecule has 0 aromatic heterocycles. The molecular formula is C13H30N2O. The van der Waals surface area contributed by atoms with Gasteiger partial charge in [-0.05, 0) is 40.7 Å². The van der Waals surface area contributed by atoms with E-state index in [-0.39, 0.29) is 11.6 Å². The SMILES string of the molecule is CCC(C)N(CC)CC(O)CNC(C)(C)C. The van der Waals surface area contributed by atoms with Crippen molar-refractivity contribution in [1.29, 1.82) is 0 Å². The van der Waals surface area contributed by atoms with Crippen molar-refractivity contribution < 1.29 is 5.11 Å². The average molecular weight is 230 g/mol. The molecule has 16 heavy (non-hydrogen) atoms. The van der Waals surface area contributed by atoms with Crippen LogP contribution in [0.25, 0.3) is 0 Å². The van der Waals surface area contributed by atoms with Crippen molar-refractivity contribution in [2.24, 2.45) is 0 Å². The fourth-order valence-corrected chi connectivity index (χ4v) is 1.64. The van der Waals surface area contributed by atoms with Crippen LogP contribution < -0.4 is 5.32 Å². The summed E-state index contributed by atoms with van der Waals surface area (Å²) in [5, 5.41) is 13.3. The van der Waals surface area contributed by atoms with Gasteiger partial charge in [0.2, 0.25) is 0 Å². The number of aliphatic hydroxyl groups excluding tert-OH is 1. The molecule has 2 atom stereocenters. The molecule has 0 radical (unpaired) electrons. The summed E-state index contributed by atoms with van der Waals surface area (Å²) in [4.78, 5) is 2.33. The Morgan fingerprint density at radius 3 is 2.19 bits per heavy atom. The zero-order valence-electron chi connectivity index (χ0n) is 11.9. The Bertz CT molecular complexity index is 177. The van der Waals surface area contributed by atoms with Gasteiger partial charge in [-0.3, -0.25) is 4.90 Å². The zero-order valence-corrected chi connectivity index (χ0v) is 11.9. The van der Waals surface area contributed by atoms with E-state index in [9.17, 15) is 5.11 Å². The van der Waals surface area contributed by atoms with Crippen LogP contribution in [0.5, 0.6) is 0 Å². The molecule has 0 rings (SSSR count). The van der Waals surface area contributed by atoms with E-state index < -0.39 is 0 Å². The molecule has 0 spiro atoms. The van der Waals surface area contributed by atoms with E-state index in [0.29, 0.717) is 12.6 Å². The van der Waals surface area contributed by atoms with Gasteiger partial charge in [0, 0.05) is 24.7 Å². The Hall–Kier alpha value is -0.120. The van der Waals surface area contributed by atoms with Gasteiger partial charge in [-0.2, -0.15) is 0 Å². The lowest BCUT2D eigenvalue weighted by Crippen LogP contribution is -2.46. The van der Waals surface area contributed by atoms with Crippen LogP contribution in [0, 0.1) is 0 Å². The lowest BCUT2D eigenvalue weighted by atomic mass is 10.1. The molecule has 0 aliphatic carbocycles. The van der Waals surface area contributed by atoms with Crippen molar-refractivity contribution in [2.45, 2.75) is 65.6 Å². The molecule has 98 valence electrons. The molecular weight excluding hydrogens is 200 g/mol. The normalized spacial score (nSPS) is 16.5. The predicted octanol–water partition coefficient (Wildman–Crippen LogP) is 1.86. The second-order valence-electron chi connectivity index (χ2n) is 5.63. The van der Waals surface area contributed by atoms with Crippen molar-refractivity contribution >= 4 is 0 Å². The molecule has 3 heteroatoms. The molecule has 0 aromatic carbocycles. The maximum absolute atomic E-state index is 9.95. The molecule has 2 N–H and O–H groups in total. The topological polar surface area (TPSA) is 35.5 Å². The Labute approximate surface area is 101 Å². The number of nitrogens with one attached hydrogen (secondary N) is 1. The summed E-state index contributed by atoms with van der Waals surface area (Å²) in [6.07, 6.45) is 0.848. The van der Waals surface area contributed by atoms with E-state index >= 15 is 0 Å². The minimum atomic E-state index is -0.284. The third-order valence-electron chi connectivity index (χ3n) is 2.93. The fraction of sp³-hybridized carbons (Fsp3) is 1.00. The Morgan fingerprint density at radius 1 is 1.25 bits per heavy atom. The van der Waals surface area contributed by atoms with E-state index in [2.05, 4.69) is 51.8 Å². The first-order valence-electron chi connectivity index (χ1n) is 6.47. The van der Waals surface area contributed by atoms with Crippen molar-refractivity contribution in [3.8, 4) is 0 Å². The van der Waals surface area contributed by atoms with Gasteiger partial charge in [-0.1, -0.05) is 13.8 Å². The summed E-state index contributed by atoms with van der Waals surface area (Å²) in [7, 11) is 0. The van der Waals surface area contributed by atoms with Gasteiger partial charge in [-0.25, -0.2) is 0 Å². The number of nitrogens with zero attached hydrogens (tertiary/aromatic N) is 1. The fourth-order valence-electron chi connectivity index (χ4n) is 1.64. The number of β-amino-alcohol motifs (C(OH)–C–C–N with tert-alkyl or cyclic N) is 1. The third-order valence-corrected chi connectivity index (χ3v) is 2.93. The Balaban J connectivity index is 3.96. The molecule has 0 aromatic rings. The maximum atomic E-state index is 9.95. The minimum Gasteiger partial charge on any atom is -0.390 e. The van der Waals surface area contributed by atoms with Gasteiger partial charge in [-0.15, -0.1) is 0 Å². The van der Waals surface area contributed by atoms with Gasteiger partial charge >= 0.3 is 0 Å². The number of likely N-dealkylation sites (N-methyl/N-ethyl adjacent to an activating group) is 1. The first-order valence-corrected chi connectivity index (χ1v) is 6.47. The quantitative estimate of drug-likeness (QED) is 0.701. The number of aliphatic hydroxyl groups is 1. The van der Waals surface area contributed by atoms with Crippen LogP contribution in [0.2, 0.25) is 0 Å². The molecule has 0 amide bonds. The van der Waals surface area contributed by atoms with Crippen molar-refractivity contribution in [1.82, 2.24) is 10.2 Å². The highest BCUT2D eigenvalue weighted by molar-refractivity contribution is 4.75. The lowest BCUT2D eigenvalue weighted by molar-refractivity contribution is 0.0878. The van der Waals surface area contributed by atoms with Gasteiger partial charge in [0.05, 0.1) is 6.10 Å². The molecule has 0 fully saturated rings. The van der Waals surface area contributed by atoms with E-state index in [1.54, 1.807) is 0 Å². The largest absolute Gasteiger partial charge is 0.390 e. The van der Waals surface area contributed by atoms with Crippen LogP contribution in [0.1, 0.15) is 48.0 Å². The summed E-state index contributed by atoms with van der Waals surface area (Å²) in [6.45, 7) is 15.3. The highest BCUT2D eigenvalue weighted by Crippen LogP contribution is 2.05. The van der Waals surface area contributed by atoms with Crippen LogP contribution in [-0.4, -0.2) is 47.3 Å². The smallest absolute Gasteiger partial charge is 0.0791 e. The first kappa shape index (κ1) is 15.9. The van der Waals surface area contributed by atoms with Crippen molar-refractivity contribution in [2.75, 3.05) is 19.6 Å². The molecule has 0 saturated heterocycles. The van der Waals surface area contributed by atoms with Gasteiger partial charge < -0.3 is 10.4 Å². The number of rotatable bonds is 7. The van der Waals surface area contributed by atoms with Crippen molar-refractivity contribution in [3.63, 3.8) is 0 Å². The predicted molar refractivity (Wildman–Crippen MR) is 70.8 cm³/mol. The highest BCUT2D eigenvalue weighted by Gasteiger charge is 2.16. The van der Waals surface area contributed by atoms with Crippen molar-refractivity contribution in [3.05, 3.63) is 0 Å². The summed E-state index contributed by atoms with van der Waals surface area (Å²) in [6, 6.07) is 0.550. The van der Waals surface area contributed by atoms with E-state index in [4.69, 9.17) is 0 Å². The molecule has 0 aliphatic rings. The highest BCUT2D eigenvalue weighted by atomic mass is 16.3. The number of hydrogen-bond donors (Lipinski definition) is 2. The number of hydrogen-bond acceptors (Lipinski definition) is 3. The molecule has 0 aliphatic heterocycles. The van der Waals surface area contributed by atoms with Crippen LogP contribution >= 0.6 is 0 Å². The van der Waals surface area contributed by atoms with Crippen LogP contribution in [-0.2, 0) is 0 Å². The summed E-state index contributed by atoms with van der Waals surface area (Å²) < 4.78 is 0. The van der Waals surface area contributed by atoms with Crippen LogP contribution in [0.4, 0.5) is 0 Å². The lowest BCUT2D eigenvalue weighted by Gasteiger charge is -2.30. The maximum Gasteiger partial charge on any atom is 0.0791 e. The second-order valence-corrected chi connectivity index (χ2v) is 5.63. The van der Waals surface area contributed by atoms with Crippen LogP contribution in [0.15, 0.2) is 0 Å². The third kappa shape index (κ3) is 7.20. The average Bonchev–Trinajstić information content (AvgIpc) is 2.21. The van der Waals surface area contributed by atoms with Crippen LogP contribution in [0.3, 0.4) is 0 Å². The monoisotopic (exact) mass is 230 g/mol. The van der Waals surface area contributed by atoms with E-state index in [1.807, 2.05) is 0 Å². The first-order chi connectivity index (χ1) is 7.30. The molecule has 0 bridgehead atoms. The summed E-state index contributed by atoms with van der Waals surface area (Å²) in [5.74, 6) is 0. The van der Waals surface area contributed by atoms with Gasteiger partial charge in [0.15, 0.2) is 0 Å². The Morgan fingerprint density at radius 2 is 1.81 bits per heavy atom. The van der Waals surface area contributed by atoms with Gasteiger partial charge in [0.25, 0.3) is 0 Å². The Kier molecular flexibility index (Phi) is 7.20. The second kappa shape index (κ2) is 7.25.